The van der Waals surface area contributed by atoms with Gasteiger partial charge in [-0.15, -0.1) is 0 Å². The van der Waals surface area contributed by atoms with Crippen molar-refractivity contribution in [2.75, 3.05) is 12.8 Å². The zero-order chi connectivity index (χ0) is 14.1. The lowest BCUT2D eigenvalue weighted by atomic mass is 9.95. The molecule has 0 saturated carbocycles. The lowest BCUT2D eigenvalue weighted by molar-refractivity contribution is -0.372. The number of nitriles is 1. The van der Waals surface area contributed by atoms with Crippen LogP contribution in [0.25, 0.3) is 11.1 Å². The first-order chi connectivity index (χ1) is 9.74. The molecule has 0 fully saturated rings. The molecule has 3 rings (SSSR count). The number of anilines is 1. The van der Waals surface area contributed by atoms with Crippen LogP contribution in [0.3, 0.4) is 0 Å². The van der Waals surface area contributed by atoms with E-state index >= 15 is 0 Å². The van der Waals surface area contributed by atoms with E-state index in [0.29, 0.717) is 11.4 Å². The predicted molar refractivity (Wildman–Crippen MR) is 76.1 cm³/mol. The van der Waals surface area contributed by atoms with Crippen LogP contribution in [0.2, 0.25) is 0 Å². The highest BCUT2D eigenvalue weighted by Gasteiger charge is 2.25. The van der Waals surface area contributed by atoms with Crippen molar-refractivity contribution in [1.29, 1.82) is 5.26 Å². The Morgan fingerprint density at radius 1 is 1.25 bits per heavy atom. The van der Waals surface area contributed by atoms with Crippen molar-refractivity contribution in [3.05, 3.63) is 41.1 Å². The molecule has 1 heterocycles. The number of aryl methyl sites for hydroxylation is 1. The molecule has 1 aliphatic rings. The van der Waals surface area contributed by atoms with Gasteiger partial charge >= 0.3 is 0 Å². The molecule has 1 aromatic carbocycles. The van der Waals surface area contributed by atoms with Crippen molar-refractivity contribution in [3.63, 3.8) is 0 Å². The molecule has 3 N–H and O–H groups in total. The number of hydrogen-bond acceptors (Lipinski definition) is 3. The van der Waals surface area contributed by atoms with Crippen molar-refractivity contribution in [2.45, 2.75) is 19.3 Å². The molecule has 0 atom stereocenters. The quantitative estimate of drug-likeness (QED) is 0.904. The second-order valence-corrected chi connectivity index (χ2v) is 4.94. The molecular formula is C16H16N3O+. The summed E-state index contributed by atoms with van der Waals surface area (Å²) in [6.07, 6.45) is 3.08. The Hall–Kier alpha value is -2.54. The van der Waals surface area contributed by atoms with E-state index < -0.39 is 0 Å². The average Bonchev–Trinajstić information content (AvgIpc) is 2.93. The number of nitrogen functional groups attached to an aromatic ring is 1. The summed E-state index contributed by atoms with van der Waals surface area (Å²) in [5.41, 5.74) is 10.9. The molecule has 0 amide bonds. The van der Waals surface area contributed by atoms with Gasteiger partial charge in [0, 0.05) is 17.5 Å². The molecule has 0 spiro atoms. The molecule has 0 bridgehead atoms. The number of methoxy groups -OCH3 is 1. The van der Waals surface area contributed by atoms with Gasteiger partial charge in [0.15, 0.2) is 0 Å². The molecule has 4 heteroatoms. The van der Waals surface area contributed by atoms with Crippen molar-refractivity contribution < 1.29 is 9.72 Å². The fraction of sp³-hybridized carbons (Fsp3) is 0.250. The van der Waals surface area contributed by atoms with E-state index in [4.69, 9.17) is 10.5 Å². The molecule has 100 valence electrons. The van der Waals surface area contributed by atoms with Crippen LogP contribution in [0.4, 0.5) is 5.82 Å². The summed E-state index contributed by atoms with van der Waals surface area (Å²) in [5.74, 6) is 1.26. The Morgan fingerprint density at radius 2 is 2.00 bits per heavy atom. The summed E-state index contributed by atoms with van der Waals surface area (Å²) in [6.45, 7) is 0. The zero-order valence-electron chi connectivity index (χ0n) is 11.4. The Kier molecular flexibility index (Phi) is 3.03. The Labute approximate surface area is 117 Å². The number of fused-ring (bicyclic) bond motifs is 1. The van der Waals surface area contributed by atoms with Gasteiger partial charge in [0.1, 0.15) is 23.1 Å². The highest BCUT2D eigenvalue weighted by atomic mass is 16.5. The van der Waals surface area contributed by atoms with E-state index in [2.05, 4.69) is 11.1 Å². The van der Waals surface area contributed by atoms with Gasteiger partial charge in [-0.2, -0.15) is 5.26 Å². The number of benzene rings is 1. The van der Waals surface area contributed by atoms with Crippen LogP contribution in [0, 0.1) is 11.3 Å². The van der Waals surface area contributed by atoms with E-state index in [-0.39, 0.29) is 0 Å². The van der Waals surface area contributed by atoms with E-state index in [1.165, 1.54) is 5.56 Å². The summed E-state index contributed by atoms with van der Waals surface area (Å²) in [4.78, 5) is 3.17. The maximum atomic E-state index is 9.42. The summed E-state index contributed by atoms with van der Waals surface area (Å²) in [5, 5.41) is 9.42. The Morgan fingerprint density at radius 3 is 2.65 bits per heavy atom. The van der Waals surface area contributed by atoms with E-state index in [1.807, 2.05) is 24.3 Å². The number of H-pyrrole nitrogens is 1. The second-order valence-electron chi connectivity index (χ2n) is 4.94. The number of aromatic amines is 1. The number of rotatable bonds is 2. The Bertz CT molecular complexity index is 698. The van der Waals surface area contributed by atoms with Gasteiger partial charge in [0.05, 0.1) is 7.11 Å². The molecular weight excluding hydrogens is 250 g/mol. The number of aromatic nitrogens is 1. The van der Waals surface area contributed by atoms with Gasteiger partial charge in [-0.3, -0.25) is 5.73 Å². The molecule has 0 unspecified atom stereocenters. The van der Waals surface area contributed by atoms with E-state index in [1.54, 1.807) is 7.11 Å². The van der Waals surface area contributed by atoms with Crippen molar-refractivity contribution in [1.82, 2.24) is 0 Å². The standard InChI is InChI=1S/C16H15N3O/c1-20-11-7-5-10(6-8-11)15-12-3-2-4-14(12)19-16(18)13(15)9-17/h5-8H,2-4H2,1H3,(H2,18,19)/p+1. The average molecular weight is 266 g/mol. The normalized spacial score (nSPS) is 12.8. The number of nitrogens with two attached hydrogens (primary N) is 1. The third-order valence-electron chi connectivity index (χ3n) is 3.81. The van der Waals surface area contributed by atoms with Gasteiger partial charge in [0.25, 0.3) is 5.82 Å². The smallest absolute Gasteiger partial charge is 0.289 e. The van der Waals surface area contributed by atoms with Crippen LogP contribution in [-0.2, 0) is 12.8 Å². The maximum Gasteiger partial charge on any atom is 0.289 e. The van der Waals surface area contributed by atoms with Crippen LogP contribution in [-0.4, -0.2) is 7.11 Å². The van der Waals surface area contributed by atoms with Crippen molar-refractivity contribution in [3.8, 4) is 22.9 Å². The first kappa shape index (κ1) is 12.5. The molecule has 0 saturated heterocycles. The summed E-state index contributed by atoms with van der Waals surface area (Å²) in [6, 6.07) is 10.0. The highest BCUT2D eigenvalue weighted by molar-refractivity contribution is 5.78. The number of nitrogens with one attached hydrogen (secondary N) is 1. The topological polar surface area (TPSA) is 73.2 Å². The highest BCUT2D eigenvalue weighted by Crippen LogP contribution is 2.35. The molecule has 2 aromatic rings. The Balaban J connectivity index is 2.23. The minimum Gasteiger partial charge on any atom is -0.497 e. The van der Waals surface area contributed by atoms with Crippen molar-refractivity contribution in [2.24, 2.45) is 0 Å². The van der Waals surface area contributed by atoms with E-state index in [0.717, 1.165) is 41.8 Å². The van der Waals surface area contributed by atoms with Gasteiger partial charge in [-0.25, -0.2) is 4.98 Å². The molecule has 0 radical (unpaired) electrons. The van der Waals surface area contributed by atoms with Gasteiger partial charge in [0.2, 0.25) is 0 Å². The fourth-order valence-electron chi connectivity index (χ4n) is 2.86. The van der Waals surface area contributed by atoms with Crippen LogP contribution < -0.4 is 15.5 Å². The molecule has 20 heavy (non-hydrogen) atoms. The van der Waals surface area contributed by atoms with Gasteiger partial charge < -0.3 is 4.74 Å². The molecule has 1 aliphatic carbocycles. The molecule has 0 aliphatic heterocycles. The SMILES string of the molecule is COc1ccc(-c2c(C#N)c(N)[nH+]c3c2CCC3)cc1. The number of hydrogen-bond donors (Lipinski definition) is 1. The largest absolute Gasteiger partial charge is 0.497 e. The predicted octanol–water partition coefficient (Wildman–Crippen LogP) is 2.12. The lowest BCUT2D eigenvalue weighted by Crippen LogP contribution is -2.19. The first-order valence-corrected chi connectivity index (χ1v) is 6.65. The maximum absolute atomic E-state index is 9.42. The number of pyridine rings is 1. The third-order valence-corrected chi connectivity index (χ3v) is 3.81. The van der Waals surface area contributed by atoms with Crippen LogP contribution in [0.1, 0.15) is 23.2 Å². The van der Waals surface area contributed by atoms with Gasteiger partial charge in [-0.05, 0) is 30.5 Å². The second kappa shape index (κ2) is 4.86. The summed E-state index contributed by atoms with van der Waals surface area (Å²) >= 11 is 0. The lowest BCUT2D eigenvalue weighted by Gasteiger charge is -2.10. The van der Waals surface area contributed by atoms with Crippen LogP contribution in [0.15, 0.2) is 24.3 Å². The van der Waals surface area contributed by atoms with Crippen LogP contribution >= 0.6 is 0 Å². The molecule has 1 aromatic heterocycles. The third kappa shape index (κ3) is 1.88. The summed E-state index contributed by atoms with van der Waals surface area (Å²) < 4.78 is 5.18. The number of ether oxygens (including phenoxy) is 1. The minimum atomic E-state index is 0.457. The van der Waals surface area contributed by atoms with Crippen LogP contribution in [0.5, 0.6) is 5.75 Å². The monoisotopic (exact) mass is 266 g/mol. The van der Waals surface area contributed by atoms with Gasteiger partial charge in [-0.1, -0.05) is 12.1 Å². The number of nitrogens with zero attached hydrogens (tertiary/aromatic N) is 1. The van der Waals surface area contributed by atoms with Crippen molar-refractivity contribution >= 4 is 5.82 Å². The van der Waals surface area contributed by atoms with E-state index in [9.17, 15) is 5.26 Å². The minimum absolute atomic E-state index is 0.457. The fourth-order valence-corrected chi connectivity index (χ4v) is 2.86. The first-order valence-electron chi connectivity index (χ1n) is 6.65. The zero-order valence-corrected chi connectivity index (χ0v) is 11.4. The molecule has 4 nitrogen and oxygen atoms in total. The summed E-state index contributed by atoms with van der Waals surface area (Å²) in [7, 11) is 1.64.